The zero-order valence-electron chi connectivity index (χ0n) is 24.5. The molecule has 0 N–H and O–H groups in total. The van der Waals surface area contributed by atoms with Crippen molar-refractivity contribution in [1.29, 1.82) is 0 Å². The molecule has 45 heavy (non-hydrogen) atoms. The van der Waals surface area contributed by atoms with Gasteiger partial charge in [-0.25, -0.2) is 0 Å². The summed E-state index contributed by atoms with van der Waals surface area (Å²) >= 11 is 2.19. The summed E-state index contributed by atoms with van der Waals surface area (Å²) in [6, 6.07) is 26.4. The second kappa shape index (κ2) is 10.5. The number of rotatable bonds is 5. The molecule has 0 bridgehead atoms. The molecule has 222 valence electrons. The third-order valence-corrected chi connectivity index (χ3v) is 9.89. The SMILES string of the molecule is COc1ccc(-c2c(I)c(-c3ccncc3)c3n2[B-](F)(F)[N+]2=C4C(=C(c5ccccc5)C2=N3)CCc2cc(OC)ccc24)cc1. The van der Waals surface area contributed by atoms with E-state index in [9.17, 15) is 0 Å². The number of benzene rings is 3. The van der Waals surface area contributed by atoms with Crippen LogP contribution in [0.1, 0.15) is 23.1 Å². The van der Waals surface area contributed by atoms with Crippen LogP contribution in [0.4, 0.5) is 14.4 Å². The normalized spacial score (nSPS) is 16.1. The van der Waals surface area contributed by atoms with E-state index >= 15 is 8.63 Å². The first-order valence-electron chi connectivity index (χ1n) is 14.6. The fourth-order valence-electron chi connectivity index (χ4n) is 6.84. The molecule has 2 aromatic heterocycles. The quantitative estimate of drug-likeness (QED) is 0.137. The highest BCUT2D eigenvalue weighted by Gasteiger charge is 2.56. The Hall–Kier alpha value is -4.58. The van der Waals surface area contributed by atoms with Gasteiger partial charge in [0.15, 0.2) is 0 Å². The molecule has 0 amide bonds. The molecular weight excluding hydrogens is 684 g/mol. The van der Waals surface area contributed by atoms with Crippen molar-refractivity contribution in [3.63, 3.8) is 0 Å². The van der Waals surface area contributed by atoms with Crippen molar-refractivity contribution < 1.29 is 22.6 Å². The van der Waals surface area contributed by atoms with Crippen LogP contribution in [-0.2, 0) is 6.42 Å². The van der Waals surface area contributed by atoms with E-state index in [0.717, 1.165) is 33.4 Å². The van der Waals surface area contributed by atoms with Gasteiger partial charge in [-0.1, -0.05) is 30.3 Å². The lowest BCUT2D eigenvalue weighted by molar-refractivity contribution is -0.291. The molecule has 10 heteroatoms. The molecule has 4 heterocycles. The predicted octanol–water partition coefficient (Wildman–Crippen LogP) is 8.02. The molecule has 3 aromatic carbocycles. The molecule has 0 radical (unpaired) electrons. The van der Waals surface area contributed by atoms with Crippen molar-refractivity contribution in [2.24, 2.45) is 4.99 Å². The van der Waals surface area contributed by atoms with E-state index in [-0.39, 0.29) is 11.7 Å². The molecule has 0 fully saturated rings. The predicted molar refractivity (Wildman–Crippen MR) is 182 cm³/mol. The van der Waals surface area contributed by atoms with E-state index in [2.05, 4.69) is 27.6 Å². The molecule has 2 aliphatic heterocycles. The minimum absolute atomic E-state index is 0.232. The van der Waals surface area contributed by atoms with Crippen LogP contribution in [0.3, 0.4) is 0 Å². The number of pyridine rings is 1. The lowest BCUT2D eigenvalue weighted by atomic mass is 9.83. The Morgan fingerprint density at radius 2 is 1.53 bits per heavy atom. The van der Waals surface area contributed by atoms with Crippen molar-refractivity contribution in [3.8, 4) is 33.9 Å². The minimum Gasteiger partial charge on any atom is -0.497 e. The number of hydrogen-bond acceptors (Lipinski definition) is 4. The lowest BCUT2D eigenvalue weighted by Crippen LogP contribution is -2.53. The molecule has 6 nitrogen and oxygen atoms in total. The summed E-state index contributed by atoms with van der Waals surface area (Å²) < 4.78 is 49.6. The Kier molecular flexibility index (Phi) is 6.52. The van der Waals surface area contributed by atoms with Gasteiger partial charge in [0.1, 0.15) is 11.5 Å². The number of methoxy groups -OCH3 is 2. The van der Waals surface area contributed by atoms with Crippen LogP contribution in [0.25, 0.3) is 28.0 Å². The number of aryl methyl sites for hydroxylation is 1. The summed E-state index contributed by atoms with van der Waals surface area (Å²) in [5.41, 5.74) is 7.27. The maximum atomic E-state index is 17.8. The van der Waals surface area contributed by atoms with Gasteiger partial charge in [0, 0.05) is 32.8 Å². The number of aromatic nitrogens is 2. The molecule has 0 saturated heterocycles. The van der Waals surface area contributed by atoms with Crippen LogP contribution >= 0.6 is 22.6 Å². The molecule has 0 saturated carbocycles. The third kappa shape index (κ3) is 4.14. The monoisotopic (exact) mass is 710 g/mol. The van der Waals surface area contributed by atoms with Gasteiger partial charge in [0.25, 0.3) is 5.84 Å². The molecular formula is C35H26BF2IN4O2. The van der Waals surface area contributed by atoms with E-state index in [1.165, 1.54) is 8.96 Å². The standard InChI is InChI=1S/C35H26BF2IN4O2/c1-44-25-11-8-23(9-12-25)32-31(39)30(22-16-18-40-19-17-22)35-41-34-29(21-6-4-3-5-7-21)28-14-10-24-20-26(45-2)13-15-27(24)33(28)43(34)36(37,38)42(32)35/h3-9,11-13,15-20H,10,14H2,1-2H3. The highest BCUT2D eigenvalue weighted by molar-refractivity contribution is 14.1. The molecule has 0 atom stereocenters. The summed E-state index contributed by atoms with van der Waals surface area (Å²) in [6.45, 7) is -4.43. The number of halogens is 3. The minimum atomic E-state index is -4.43. The summed E-state index contributed by atoms with van der Waals surface area (Å²) in [6.07, 6.45) is 4.68. The molecule has 0 spiro atoms. The Balaban J connectivity index is 1.49. The molecule has 8 rings (SSSR count). The van der Waals surface area contributed by atoms with Crippen LogP contribution in [0.5, 0.6) is 11.5 Å². The molecule has 1 aliphatic carbocycles. The average Bonchev–Trinajstić information content (AvgIpc) is 3.58. The van der Waals surface area contributed by atoms with Gasteiger partial charge in [-0.15, -0.1) is 0 Å². The smallest absolute Gasteiger partial charge is 0.497 e. The number of fused-ring (bicyclic) bond motifs is 5. The van der Waals surface area contributed by atoms with E-state index in [1.807, 2.05) is 72.8 Å². The fraction of sp³-hybridized carbons (Fsp3) is 0.114. The fourth-order valence-corrected chi connectivity index (χ4v) is 7.97. The largest absolute Gasteiger partial charge is 0.642 e. The number of aliphatic imine (C=N–C) groups is 1. The topological polar surface area (TPSA) is 51.7 Å². The van der Waals surface area contributed by atoms with Crippen molar-refractivity contribution in [2.45, 2.75) is 12.8 Å². The summed E-state index contributed by atoms with van der Waals surface area (Å²) in [7, 11) is 3.21. The Morgan fingerprint density at radius 3 is 2.24 bits per heavy atom. The number of amidine groups is 1. The van der Waals surface area contributed by atoms with Crippen molar-refractivity contribution in [2.75, 3.05) is 14.2 Å². The zero-order valence-corrected chi connectivity index (χ0v) is 26.6. The van der Waals surface area contributed by atoms with Crippen LogP contribution in [0.2, 0.25) is 0 Å². The highest BCUT2D eigenvalue weighted by Crippen LogP contribution is 2.51. The summed E-state index contributed by atoms with van der Waals surface area (Å²) in [5, 5.41) is 0. The van der Waals surface area contributed by atoms with E-state index in [0.29, 0.717) is 50.4 Å². The number of ether oxygens (including phenoxy) is 2. The second-order valence-corrected chi connectivity index (χ2v) is 12.3. The van der Waals surface area contributed by atoms with Crippen LogP contribution in [0.15, 0.2) is 108 Å². The van der Waals surface area contributed by atoms with Gasteiger partial charge in [-0.3, -0.25) is 4.98 Å². The Labute approximate surface area is 272 Å². The van der Waals surface area contributed by atoms with Crippen LogP contribution < -0.4 is 9.47 Å². The third-order valence-electron chi connectivity index (χ3n) is 8.84. The maximum absolute atomic E-state index is 17.8. The maximum Gasteiger partial charge on any atom is 0.642 e. The second-order valence-electron chi connectivity index (χ2n) is 11.2. The first kappa shape index (κ1) is 27.9. The lowest BCUT2D eigenvalue weighted by Gasteiger charge is -2.33. The molecule has 0 unspecified atom stereocenters. The Bertz CT molecular complexity index is 2110. The Morgan fingerprint density at radius 1 is 0.822 bits per heavy atom. The summed E-state index contributed by atoms with van der Waals surface area (Å²) in [5.74, 6) is 1.87. The van der Waals surface area contributed by atoms with E-state index < -0.39 is 6.97 Å². The van der Waals surface area contributed by atoms with E-state index in [4.69, 9.17) is 14.5 Å². The van der Waals surface area contributed by atoms with Crippen LogP contribution in [-0.4, -0.2) is 46.7 Å². The van der Waals surface area contributed by atoms with Gasteiger partial charge in [0.05, 0.1) is 31.1 Å². The molecule has 3 aliphatic rings. The highest BCUT2D eigenvalue weighted by atomic mass is 127. The first-order valence-corrected chi connectivity index (χ1v) is 15.7. The van der Waals surface area contributed by atoms with Crippen molar-refractivity contribution in [1.82, 2.24) is 9.46 Å². The first-order chi connectivity index (χ1) is 21.9. The van der Waals surface area contributed by atoms with Crippen molar-refractivity contribution in [3.05, 3.63) is 123 Å². The van der Waals surface area contributed by atoms with Gasteiger partial charge < -0.3 is 27.1 Å². The van der Waals surface area contributed by atoms with Gasteiger partial charge >= 0.3 is 6.97 Å². The number of hydrogen-bond donors (Lipinski definition) is 0. The van der Waals surface area contributed by atoms with Crippen LogP contribution in [0, 0.1) is 3.57 Å². The van der Waals surface area contributed by atoms with E-state index in [1.54, 1.807) is 38.7 Å². The van der Waals surface area contributed by atoms with Gasteiger partial charge in [-0.2, -0.15) is 0 Å². The average molecular weight is 710 g/mol. The zero-order chi connectivity index (χ0) is 30.9. The number of nitrogens with zero attached hydrogens (tertiary/aromatic N) is 4. The van der Waals surface area contributed by atoms with Gasteiger partial charge in [-0.05, 0) is 117 Å². The van der Waals surface area contributed by atoms with Gasteiger partial charge in [0.2, 0.25) is 5.82 Å². The number of allylic oxidation sites excluding steroid dienone is 1. The summed E-state index contributed by atoms with van der Waals surface area (Å²) in [4.78, 5) is 9.38. The molecule has 5 aromatic rings. The van der Waals surface area contributed by atoms with Crippen molar-refractivity contribution >= 4 is 52.5 Å².